The summed E-state index contributed by atoms with van der Waals surface area (Å²) >= 11 is 1.53. The van der Waals surface area contributed by atoms with Crippen molar-refractivity contribution in [3.05, 3.63) is 60.8 Å². The molecule has 164 valence electrons. The van der Waals surface area contributed by atoms with E-state index in [0.717, 1.165) is 15.8 Å². The molecule has 5 rings (SSSR count). The van der Waals surface area contributed by atoms with E-state index in [0.29, 0.717) is 43.4 Å². The fraction of sp³-hybridized carbons (Fsp3) is 0.292. The summed E-state index contributed by atoms with van der Waals surface area (Å²) in [7, 11) is 0. The molecule has 0 spiro atoms. The van der Waals surface area contributed by atoms with E-state index in [1.54, 1.807) is 17.2 Å². The molecule has 7 nitrogen and oxygen atoms in total. The molecule has 0 aliphatic carbocycles. The van der Waals surface area contributed by atoms with Crippen LogP contribution in [0, 0.1) is 0 Å². The molecule has 1 atom stereocenters. The lowest BCUT2D eigenvalue weighted by atomic mass is 10.2. The minimum atomic E-state index is -0.650. The number of piperazine rings is 1. The molecule has 32 heavy (non-hydrogen) atoms. The van der Waals surface area contributed by atoms with E-state index in [2.05, 4.69) is 4.98 Å². The van der Waals surface area contributed by atoms with Crippen molar-refractivity contribution < 1.29 is 19.1 Å². The number of hydrogen-bond acceptors (Lipinski definition) is 6. The van der Waals surface area contributed by atoms with Crippen LogP contribution in [0.15, 0.2) is 65.7 Å². The molecule has 3 aromatic rings. The number of ether oxygens (including phenoxy) is 2. The van der Waals surface area contributed by atoms with Crippen LogP contribution in [0.25, 0.3) is 10.9 Å². The summed E-state index contributed by atoms with van der Waals surface area (Å²) in [6, 6.07) is 17.2. The molecule has 0 saturated carbocycles. The summed E-state index contributed by atoms with van der Waals surface area (Å²) in [6.45, 7) is 2.23. The van der Waals surface area contributed by atoms with Gasteiger partial charge in [0.05, 0.1) is 11.3 Å². The lowest BCUT2D eigenvalue weighted by Crippen LogP contribution is -2.55. The van der Waals surface area contributed by atoms with Gasteiger partial charge in [-0.25, -0.2) is 0 Å². The van der Waals surface area contributed by atoms with Gasteiger partial charge in [-0.05, 0) is 24.3 Å². The molecule has 2 aliphatic heterocycles. The molecule has 1 fully saturated rings. The van der Waals surface area contributed by atoms with Gasteiger partial charge in [-0.15, -0.1) is 11.8 Å². The fourth-order valence-corrected chi connectivity index (χ4v) is 4.89. The summed E-state index contributed by atoms with van der Waals surface area (Å²) in [5, 5.41) is 1.06. The number of nitrogens with zero attached hydrogens (tertiary/aromatic N) is 3. The Morgan fingerprint density at radius 2 is 1.66 bits per heavy atom. The molecule has 1 aromatic heterocycles. The Balaban J connectivity index is 1.13. The van der Waals surface area contributed by atoms with E-state index in [4.69, 9.17) is 9.47 Å². The normalized spacial score (nSPS) is 17.9. The summed E-state index contributed by atoms with van der Waals surface area (Å²) in [5.74, 6) is 1.59. The van der Waals surface area contributed by atoms with E-state index in [1.807, 2.05) is 53.4 Å². The van der Waals surface area contributed by atoms with Gasteiger partial charge < -0.3 is 19.3 Å². The van der Waals surface area contributed by atoms with Crippen molar-refractivity contribution in [2.45, 2.75) is 11.0 Å². The van der Waals surface area contributed by atoms with Gasteiger partial charge in [0.25, 0.3) is 5.91 Å². The maximum Gasteiger partial charge on any atom is 0.267 e. The molecule has 1 saturated heterocycles. The minimum Gasteiger partial charge on any atom is -0.485 e. The molecule has 0 radical (unpaired) electrons. The number of rotatable bonds is 4. The third-order valence-electron chi connectivity index (χ3n) is 5.69. The number of benzene rings is 2. The quantitative estimate of drug-likeness (QED) is 0.571. The topological polar surface area (TPSA) is 72.0 Å². The maximum atomic E-state index is 12.9. The van der Waals surface area contributed by atoms with Gasteiger partial charge >= 0.3 is 0 Å². The summed E-state index contributed by atoms with van der Waals surface area (Å²) in [5.41, 5.74) is 0.925. The number of fused-ring (bicyclic) bond motifs is 2. The van der Waals surface area contributed by atoms with Crippen molar-refractivity contribution in [1.82, 2.24) is 14.8 Å². The molecule has 8 heteroatoms. The van der Waals surface area contributed by atoms with Crippen LogP contribution in [0.4, 0.5) is 0 Å². The molecule has 0 bridgehead atoms. The van der Waals surface area contributed by atoms with Crippen molar-refractivity contribution in [2.24, 2.45) is 0 Å². The average molecular weight is 450 g/mol. The number of para-hydroxylation sites is 3. The van der Waals surface area contributed by atoms with Gasteiger partial charge in [0.2, 0.25) is 12.0 Å². The first-order valence-electron chi connectivity index (χ1n) is 10.6. The molecule has 2 aliphatic rings. The zero-order chi connectivity index (χ0) is 21.9. The molecule has 2 aromatic carbocycles. The number of aromatic nitrogens is 1. The average Bonchev–Trinajstić information content (AvgIpc) is 2.86. The van der Waals surface area contributed by atoms with E-state index in [9.17, 15) is 9.59 Å². The summed E-state index contributed by atoms with van der Waals surface area (Å²) < 4.78 is 11.5. The molecule has 0 N–H and O–H groups in total. The number of hydrogen-bond donors (Lipinski definition) is 0. The number of thioether (sulfide) groups is 1. The lowest BCUT2D eigenvalue weighted by molar-refractivity contribution is -0.145. The second-order valence-electron chi connectivity index (χ2n) is 7.69. The third-order valence-corrected chi connectivity index (χ3v) is 6.75. The molecule has 3 heterocycles. The summed E-state index contributed by atoms with van der Waals surface area (Å²) in [4.78, 5) is 34.7. The van der Waals surface area contributed by atoms with Gasteiger partial charge in [-0.2, -0.15) is 0 Å². The standard InChI is InChI=1S/C24H23N3O4S/c28-23(16-32-22-9-10-25-18-6-2-1-5-17(18)22)26-11-13-27(14-12-26)24(29)21-15-30-19-7-3-4-8-20(19)31-21/h1-10,21H,11-16H2. The van der Waals surface area contributed by atoms with Gasteiger partial charge in [0.1, 0.15) is 6.61 Å². The van der Waals surface area contributed by atoms with Crippen LogP contribution in [-0.2, 0) is 9.59 Å². The zero-order valence-electron chi connectivity index (χ0n) is 17.5. The number of pyridine rings is 1. The Kier molecular flexibility index (Phi) is 5.85. The van der Waals surface area contributed by atoms with Crippen LogP contribution in [0.5, 0.6) is 11.5 Å². The Bertz CT molecular complexity index is 1140. The lowest BCUT2D eigenvalue weighted by Gasteiger charge is -2.37. The minimum absolute atomic E-state index is 0.0779. The highest BCUT2D eigenvalue weighted by molar-refractivity contribution is 8.00. The van der Waals surface area contributed by atoms with Crippen molar-refractivity contribution in [1.29, 1.82) is 0 Å². The zero-order valence-corrected chi connectivity index (χ0v) is 18.3. The molecular formula is C24H23N3O4S. The van der Waals surface area contributed by atoms with Crippen molar-refractivity contribution in [3.63, 3.8) is 0 Å². The highest BCUT2D eigenvalue weighted by atomic mass is 32.2. The van der Waals surface area contributed by atoms with Crippen molar-refractivity contribution in [3.8, 4) is 11.5 Å². The van der Waals surface area contributed by atoms with Gasteiger partial charge in [0.15, 0.2) is 11.5 Å². The van der Waals surface area contributed by atoms with E-state index in [-0.39, 0.29) is 18.4 Å². The van der Waals surface area contributed by atoms with Crippen LogP contribution in [0.3, 0.4) is 0 Å². The predicted molar refractivity (Wildman–Crippen MR) is 122 cm³/mol. The monoisotopic (exact) mass is 449 g/mol. The van der Waals surface area contributed by atoms with Gasteiger partial charge in [0, 0.05) is 42.7 Å². The Hall–Kier alpha value is -3.26. The SMILES string of the molecule is O=C(CSc1ccnc2ccccc12)N1CCN(C(=O)C2COc3ccccc3O2)CC1. The Morgan fingerprint density at radius 3 is 2.50 bits per heavy atom. The molecule has 1 unspecified atom stereocenters. The van der Waals surface area contributed by atoms with Gasteiger partial charge in [-0.1, -0.05) is 30.3 Å². The van der Waals surface area contributed by atoms with Crippen LogP contribution >= 0.6 is 11.8 Å². The smallest absolute Gasteiger partial charge is 0.267 e. The highest BCUT2D eigenvalue weighted by Gasteiger charge is 2.33. The van der Waals surface area contributed by atoms with E-state index in [1.165, 1.54) is 11.8 Å². The number of amides is 2. The first kappa shape index (κ1) is 20.6. The van der Waals surface area contributed by atoms with Crippen LogP contribution in [-0.4, -0.2) is 71.2 Å². The highest BCUT2D eigenvalue weighted by Crippen LogP contribution is 2.31. The maximum absolute atomic E-state index is 12.9. The summed E-state index contributed by atoms with van der Waals surface area (Å²) in [6.07, 6.45) is 1.12. The van der Waals surface area contributed by atoms with Crippen molar-refractivity contribution >= 4 is 34.5 Å². The van der Waals surface area contributed by atoms with Gasteiger partial charge in [-0.3, -0.25) is 14.6 Å². The first-order chi connectivity index (χ1) is 15.7. The van der Waals surface area contributed by atoms with E-state index < -0.39 is 6.10 Å². The van der Waals surface area contributed by atoms with Crippen LogP contribution in [0.1, 0.15) is 0 Å². The number of carbonyl (C=O) groups excluding carboxylic acids is 2. The largest absolute Gasteiger partial charge is 0.485 e. The fourth-order valence-electron chi connectivity index (χ4n) is 3.95. The Labute approximate surface area is 190 Å². The Morgan fingerprint density at radius 1 is 0.938 bits per heavy atom. The molecular weight excluding hydrogens is 426 g/mol. The third kappa shape index (κ3) is 4.23. The molecule has 2 amide bonds. The van der Waals surface area contributed by atoms with E-state index >= 15 is 0 Å². The first-order valence-corrected chi connectivity index (χ1v) is 11.6. The van der Waals surface area contributed by atoms with Crippen LogP contribution < -0.4 is 9.47 Å². The predicted octanol–water partition coefficient (Wildman–Crippen LogP) is 2.84. The number of carbonyl (C=O) groups is 2. The van der Waals surface area contributed by atoms with Crippen molar-refractivity contribution in [2.75, 3.05) is 38.5 Å². The second-order valence-corrected chi connectivity index (χ2v) is 8.70. The second kappa shape index (κ2) is 9.08. The van der Waals surface area contributed by atoms with Crippen LogP contribution in [0.2, 0.25) is 0 Å².